The Kier molecular flexibility index (Phi) is 7.26. The molecule has 0 N–H and O–H groups in total. The van der Waals surface area contributed by atoms with Crippen LogP contribution in [-0.4, -0.2) is 37.0 Å². The van der Waals surface area contributed by atoms with Gasteiger partial charge in [0.2, 0.25) is 5.91 Å². The molecule has 0 heterocycles. The summed E-state index contributed by atoms with van der Waals surface area (Å²) in [6.07, 6.45) is 2.16. The molecule has 0 bridgehead atoms. The summed E-state index contributed by atoms with van der Waals surface area (Å²) in [7, 11) is 1.35. The average Bonchev–Trinajstić information content (AvgIpc) is 2.26. The molecule has 4 nitrogen and oxygen atoms in total. The van der Waals surface area contributed by atoms with Gasteiger partial charge in [-0.2, -0.15) is 0 Å². The summed E-state index contributed by atoms with van der Waals surface area (Å²) in [5.41, 5.74) is 0. The number of amides is 1. The van der Waals surface area contributed by atoms with E-state index in [1.807, 2.05) is 13.8 Å². The lowest BCUT2D eigenvalue weighted by atomic mass is 10.1. The zero-order valence-corrected chi connectivity index (χ0v) is 11.2. The summed E-state index contributed by atoms with van der Waals surface area (Å²) >= 11 is 0. The summed E-state index contributed by atoms with van der Waals surface area (Å²) in [6, 6.07) is 0. The Morgan fingerprint density at radius 2 is 1.94 bits per heavy atom. The molecule has 1 amide bonds. The van der Waals surface area contributed by atoms with Gasteiger partial charge in [-0.15, -0.1) is 6.58 Å². The highest BCUT2D eigenvalue weighted by molar-refractivity contribution is 5.78. The van der Waals surface area contributed by atoms with Crippen LogP contribution in [0.4, 0.5) is 0 Å². The van der Waals surface area contributed by atoms with Gasteiger partial charge in [0.15, 0.2) is 0 Å². The number of methoxy groups -OCH3 is 1. The minimum absolute atomic E-state index is 0.0515. The van der Waals surface area contributed by atoms with E-state index < -0.39 is 0 Å². The number of carbonyl (C=O) groups is 2. The van der Waals surface area contributed by atoms with E-state index in [9.17, 15) is 9.59 Å². The maximum Gasteiger partial charge on any atom is 0.310 e. The fraction of sp³-hybridized carbons (Fsp3) is 0.692. The number of hydrogen-bond donors (Lipinski definition) is 0. The maximum absolute atomic E-state index is 11.9. The van der Waals surface area contributed by atoms with Gasteiger partial charge in [0, 0.05) is 19.5 Å². The maximum atomic E-state index is 11.9. The number of hydrogen-bond acceptors (Lipinski definition) is 3. The third-order valence-electron chi connectivity index (χ3n) is 2.38. The van der Waals surface area contributed by atoms with Gasteiger partial charge in [-0.3, -0.25) is 9.59 Å². The van der Waals surface area contributed by atoms with Crippen molar-refractivity contribution in [3.63, 3.8) is 0 Å². The number of esters is 1. The van der Waals surface area contributed by atoms with Gasteiger partial charge < -0.3 is 9.64 Å². The van der Waals surface area contributed by atoms with Crippen molar-refractivity contribution in [2.75, 3.05) is 20.2 Å². The monoisotopic (exact) mass is 241 g/mol. The first-order chi connectivity index (χ1) is 7.92. The predicted octanol–water partition coefficient (Wildman–Crippen LogP) is 1.86. The molecule has 0 spiro atoms. The molecule has 0 saturated heterocycles. The Morgan fingerprint density at radius 3 is 2.35 bits per heavy atom. The van der Waals surface area contributed by atoms with Crippen molar-refractivity contribution in [2.45, 2.75) is 27.2 Å². The Balaban J connectivity index is 4.46. The zero-order chi connectivity index (χ0) is 13.4. The number of ether oxygens (including phenoxy) is 1. The number of nitrogens with zero attached hydrogens (tertiary/aromatic N) is 1. The first-order valence-corrected chi connectivity index (χ1v) is 5.88. The Labute approximate surface area is 104 Å². The quantitative estimate of drug-likeness (QED) is 0.505. The molecule has 0 aromatic heterocycles. The summed E-state index contributed by atoms with van der Waals surface area (Å²) < 4.78 is 4.65. The van der Waals surface area contributed by atoms with Crippen molar-refractivity contribution in [1.29, 1.82) is 0 Å². The molecule has 1 unspecified atom stereocenters. The van der Waals surface area contributed by atoms with Crippen molar-refractivity contribution in [1.82, 2.24) is 4.90 Å². The van der Waals surface area contributed by atoms with Crippen LogP contribution in [0.15, 0.2) is 12.7 Å². The molecule has 0 saturated carbocycles. The zero-order valence-electron chi connectivity index (χ0n) is 11.2. The third-order valence-corrected chi connectivity index (χ3v) is 2.38. The molecule has 0 aliphatic carbocycles. The third kappa shape index (κ3) is 6.09. The van der Waals surface area contributed by atoms with E-state index in [4.69, 9.17) is 0 Å². The van der Waals surface area contributed by atoms with E-state index in [-0.39, 0.29) is 17.8 Å². The van der Waals surface area contributed by atoms with Crippen molar-refractivity contribution in [3.05, 3.63) is 12.7 Å². The lowest BCUT2D eigenvalue weighted by Gasteiger charge is -2.24. The largest absolute Gasteiger partial charge is 0.469 e. The van der Waals surface area contributed by atoms with Gasteiger partial charge in [0.05, 0.1) is 13.0 Å². The van der Waals surface area contributed by atoms with Crippen LogP contribution in [0, 0.1) is 11.8 Å². The minimum atomic E-state index is -0.309. The van der Waals surface area contributed by atoms with Gasteiger partial charge in [-0.1, -0.05) is 26.8 Å². The molecule has 0 fully saturated rings. The van der Waals surface area contributed by atoms with E-state index in [1.54, 1.807) is 17.9 Å². The molecular formula is C13H23NO3. The van der Waals surface area contributed by atoms with Crippen LogP contribution in [0.3, 0.4) is 0 Å². The fourth-order valence-corrected chi connectivity index (χ4v) is 1.52. The lowest BCUT2D eigenvalue weighted by molar-refractivity contribution is -0.146. The molecule has 98 valence electrons. The molecule has 17 heavy (non-hydrogen) atoms. The van der Waals surface area contributed by atoms with Gasteiger partial charge >= 0.3 is 5.97 Å². The van der Waals surface area contributed by atoms with Gasteiger partial charge in [0.1, 0.15) is 0 Å². The molecule has 0 aromatic rings. The molecule has 0 radical (unpaired) electrons. The van der Waals surface area contributed by atoms with Crippen LogP contribution in [0.5, 0.6) is 0 Å². The summed E-state index contributed by atoms with van der Waals surface area (Å²) in [6.45, 7) is 10.2. The van der Waals surface area contributed by atoms with Crippen molar-refractivity contribution < 1.29 is 14.3 Å². The van der Waals surface area contributed by atoms with Crippen LogP contribution in [0.1, 0.15) is 27.2 Å². The average molecular weight is 241 g/mol. The Bertz CT molecular complexity index is 274. The molecule has 4 heteroatoms. The van der Waals surface area contributed by atoms with E-state index in [0.717, 1.165) is 0 Å². The van der Waals surface area contributed by atoms with Crippen molar-refractivity contribution >= 4 is 11.9 Å². The highest BCUT2D eigenvalue weighted by Crippen LogP contribution is 2.08. The van der Waals surface area contributed by atoms with Gasteiger partial charge in [-0.05, 0) is 5.92 Å². The second kappa shape index (κ2) is 7.87. The molecular weight excluding hydrogens is 218 g/mol. The van der Waals surface area contributed by atoms with Crippen LogP contribution >= 0.6 is 0 Å². The molecule has 0 aromatic carbocycles. The summed E-state index contributed by atoms with van der Waals surface area (Å²) in [5.74, 6) is -0.244. The Hall–Kier alpha value is -1.32. The molecule has 0 aliphatic rings. The smallest absolute Gasteiger partial charge is 0.310 e. The van der Waals surface area contributed by atoms with E-state index in [1.165, 1.54) is 7.11 Å². The second-order valence-corrected chi connectivity index (χ2v) is 4.61. The summed E-state index contributed by atoms with van der Waals surface area (Å²) in [5, 5.41) is 0. The molecule has 0 rings (SSSR count). The predicted molar refractivity (Wildman–Crippen MR) is 67.4 cm³/mol. The van der Waals surface area contributed by atoms with E-state index in [2.05, 4.69) is 11.3 Å². The first-order valence-electron chi connectivity index (χ1n) is 5.88. The minimum Gasteiger partial charge on any atom is -0.469 e. The van der Waals surface area contributed by atoms with E-state index in [0.29, 0.717) is 25.4 Å². The number of carbonyl (C=O) groups excluding carboxylic acids is 2. The standard InChI is InChI=1S/C13H23NO3/c1-6-7-14(12(15)8-10(2)3)9-11(4)13(16)17-5/h6,10-11H,1,7-9H2,2-5H3. The van der Waals surface area contributed by atoms with Crippen LogP contribution in [-0.2, 0) is 14.3 Å². The second-order valence-electron chi connectivity index (χ2n) is 4.61. The highest BCUT2D eigenvalue weighted by Gasteiger charge is 2.20. The van der Waals surface area contributed by atoms with Crippen LogP contribution in [0.25, 0.3) is 0 Å². The van der Waals surface area contributed by atoms with E-state index >= 15 is 0 Å². The number of rotatable bonds is 7. The van der Waals surface area contributed by atoms with Crippen molar-refractivity contribution in [3.8, 4) is 0 Å². The SMILES string of the molecule is C=CCN(CC(C)C(=O)OC)C(=O)CC(C)C. The van der Waals surface area contributed by atoms with Gasteiger partial charge in [0.25, 0.3) is 0 Å². The normalized spacial score (nSPS) is 12.1. The topological polar surface area (TPSA) is 46.6 Å². The van der Waals surface area contributed by atoms with Crippen LogP contribution in [0.2, 0.25) is 0 Å². The first kappa shape index (κ1) is 15.7. The Morgan fingerprint density at radius 1 is 1.35 bits per heavy atom. The lowest BCUT2D eigenvalue weighted by Crippen LogP contribution is -2.37. The molecule has 0 aliphatic heterocycles. The van der Waals surface area contributed by atoms with Crippen molar-refractivity contribution in [2.24, 2.45) is 11.8 Å². The fourth-order valence-electron chi connectivity index (χ4n) is 1.52. The van der Waals surface area contributed by atoms with Gasteiger partial charge in [-0.25, -0.2) is 0 Å². The highest BCUT2D eigenvalue weighted by atomic mass is 16.5. The molecule has 1 atom stereocenters. The van der Waals surface area contributed by atoms with Crippen LogP contribution < -0.4 is 0 Å². The summed E-state index contributed by atoms with van der Waals surface area (Å²) in [4.78, 5) is 24.9.